The Bertz CT molecular complexity index is 436. The molecule has 0 spiro atoms. The predicted molar refractivity (Wildman–Crippen MR) is 78.9 cm³/mol. The molecule has 1 aliphatic rings. The van der Waals surface area contributed by atoms with Crippen LogP contribution >= 0.6 is 0 Å². The van der Waals surface area contributed by atoms with E-state index in [0.29, 0.717) is 24.1 Å². The van der Waals surface area contributed by atoms with Gasteiger partial charge in [-0.2, -0.15) is 0 Å². The molecule has 1 saturated carbocycles. The topological polar surface area (TPSA) is 51.2 Å². The van der Waals surface area contributed by atoms with Crippen molar-refractivity contribution in [1.29, 1.82) is 0 Å². The van der Waals surface area contributed by atoms with Crippen LogP contribution in [-0.2, 0) is 11.2 Å². The molecule has 1 heterocycles. The summed E-state index contributed by atoms with van der Waals surface area (Å²) in [5, 5.41) is 3.23. The molecule has 0 amide bonds. The Morgan fingerprint density at radius 3 is 2.75 bits per heavy atom. The second kappa shape index (κ2) is 6.84. The van der Waals surface area contributed by atoms with Crippen LogP contribution in [0.2, 0.25) is 0 Å². The van der Waals surface area contributed by atoms with Gasteiger partial charge in [0.25, 0.3) is 0 Å². The van der Waals surface area contributed by atoms with E-state index in [4.69, 9.17) is 4.74 Å². The fraction of sp³-hybridized carbons (Fsp3) is 0.625. The molecule has 4 nitrogen and oxygen atoms in total. The smallest absolute Gasteiger partial charge is 0.213 e. The minimum absolute atomic E-state index is 0.115. The van der Waals surface area contributed by atoms with Gasteiger partial charge in [0.2, 0.25) is 5.88 Å². The average molecular weight is 276 g/mol. The summed E-state index contributed by atoms with van der Waals surface area (Å²) in [7, 11) is 1.98. The largest absolute Gasteiger partial charge is 0.474 e. The van der Waals surface area contributed by atoms with Crippen molar-refractivity contribution in [2.24, 2.45) is 5.92 Å². The van der Waals surface area contributed by atoms with E-state index in [1.165, 1.54) is 0 Å². The second-order valence-corrected chi connectivity index (χ2v) is 5.82. The number of carbonyl (C=O) groups excluding carboxylic acids is 1. The van der Waals surface area contributed by atoms with E-state index in [0.717, 1.165) is 24.8 Å². The monoisotopic (exact) mass is 276 g/mol. The minimum Gasteiger partial charge on any atom is -0.474 e. The Labute approximate surface area is 120 Å². The van der Waals surface area contributed by atoms with E-state index in [-0.39, 0.29) is 12.0 Å². The SMILES string of the molecule is CN[C@H]1C[C@@H](Oc2ccc(CCC(=O)C(C)C)cn2)C1. The molecule has 110 valence electrons. The number of hydrogen-bond donors (Lipinski definition) is 1. The molecule has 1 N–H and O–H groups in total. The molecule has 0 bridgehead atoms. The van der Waals surface area contributed by atoms with Crippen molar-refractivity contribution in [3.63, 3.8) is 0 Å². The van der Waals surface area contributed by atoms with E-state index >= 15 is 0 Å². The van der Waals surface area contributed by atoms with Crippen molar-refractivity contribution in [3.8, 4) is 5.88 Å². The number of ether oxygens (including phenoxy) is 1. The van der Waals surface area contributed by atoms with E-state index in [1.807, 2.05) is 39.2 Å². The Morgan fingerprint density at radius 2 is 2.20 bits per heavy atom. The van der Waals surface area contributed by atoms with E-state index in [1.54, 1.807) is 0 Å². The molecule has 0 atom stereocenters. The van der Waals surface area contributed by atoms with Crippen LogP contribution in [0.15, 0.2) is 18.3 Å². The summed E-state index contributed by atoms with van der Waals surface area (Å²) < 4.78 is 5.78. The number of hydrogen-bond acceptors (Lipinski definition) is 4. The molecule has 1 fully saturated rings. The Morgan fingerprint density at radius 1 is 1.45 bits per heavy atom. The third-order valence-corrected chi connectivity index (χ3v) is 3.89. The zero-order valence-electron chi connectivity index (χ0n) is 12.6. The van der Waals surface area contributed by atoms with Crippen LogP contribution in [0.1, 0.15) is 38.7 Å². The molecule has 0 unspecified atom stereocenters. The lowest BCUT2D eigenvalue weighted by Gasteiger charge is -2.34. The third kappa shape index (κ3) is 4.04. The van der Waals surface area contributed by atoms with Gasteiger partial charge in [-0.15, -0.1) is 0 Å². The van der Waals surface area contributed by atoms with E-state index in [9.17, 15) is 4.79 Å². The summed E-state index contributed by atoms with van der Waals surface area (Å²) in [5.74, 6) is 1.10. The maximum atomic E-state index is 11.6. The first-order valence-electron chi connectivity index (χ1n) is 7.40. The predicted octanol–water partition coefficient (Wildman–Crippen LogP) is 2.37. The number of Topliss-reactive ketones (excluding diaryl/α,β-unsaturated/α-hetero) is 1. The summed E-state index contributed by atoms with van der Waals surface area (Å²) in [6.45, 7) is 3.88. The van der Waals surface area contributed by atoms with Crippen molar-refractivity contribution in [2.75, 3.05) is 7.05 Å². The molecule has 0 radical (unpaired) electrons. The van der Waals surface area contributed by atoms with Crippen LogP contribution in [0.3, 0.4) is 0 Å². The molecule has 0 aromatic carbocycles. The van der Waals surface area contributed by atoms with Crippen LogP contribution in [0.25, 0.3) is 0 Å². The molecule has 1 aromatic heterocycles. The molecule has 0 saturated heterocycles. The lowest BCUT2D eigenvalue weighted by atomic mass is 9.89. The third-order valence-electron chi connectivity index (χ3n) is 3.89. The highest BCUT2D eigenvalue weighted by molar-refractivity contribution is 5.80. The van der Waals surface area contributed by atoms with Gasteiger partial charge in [0.1, 0.15) is 11.9 Å². The molecule has 0 aliphatic heterocycles. The van der Waals surface area contributed by atoms with Gasteiger partial charge in [0.15, 0.2) is 0 Å². The normalized spacial score (nSPS) is 21.6. The first kappa shape index (κ1) is 15.0. The number of nitrogens with one attached hydrogen (secondary N) is 1. The van der Waals surface area contributed by atoms with Crippen LogP contribution in [0.4, 0.5) is 0 Å². The molecular formula is C16H24N2O2. The van der Waals surface area contributed by atoms with Crippen LogP contribution in [0, 0.1) is 5.92 Å². The van der Waals surface area contributed by atoms with Crippen molar-refractivity contribution in [3.05, 3.63) is 23.9 Å². The van der Waals surface area contributed by atoms with Gasteiger partial charge >= 0.3 is 0 Å². The van der Waals surface area contributed by atoms with E-state index in [2.05, 4.69) is 10.3 Å². The standard InChI is InChI=1S/C16H24N2O2/c1-11(2)15(19)6-4-12-5-7-16(18-10-12)20-14-8-13(9-14)17-3/h5,7,10-11,13-14,17H,4,6,8-9H2,1-3H3/t13-,14+. The van der Waals surface area contributed by atoms with Gasteiger partial charge < -0.3 is 10.1 Å². The summed E-state index contributed by atoms with van der Waals surface area (Å²) >= 11 is 0. The second-order valence-electron chi connectivity index (χ2n) is 5.82. The number of ketones is 1. The molecule has 1 aliphatic carbocycles. The minimum atomic E-state index is 0.115. The quantitative estimate of drug-likeness (QED) is 0.830. The van der Waals surface area contributed by atoms with Crippen molar-refractivity contribution in [2.45, 2.75) is 51.7 Å². The van der Waals surface area contributed by atoms with Crippen molar-refractivity contribution in [1.82, 2.24) is 10.3 Å². The van der Waals surface area contributed by atoms with Gasteiger partial charge in [0, 0.05) is 30.6 Å². The molecule has 4 heteroatoms. The highest BCUT2D eigenvalue weighted by Crippen LogP contribution is 2.24. The molecular weight excluding hydrogens is 252 g/mol. The highest BCUT2D eigenvalue weighted by atomic mass is 16.5. The van der Waals surface area contributed by atoms with Gasteiger partial charge in [-0.3, -0.25) is 4.79 Å². The number of aromatic nitrogens is 1. The van der Waals surface area contributed by atoms with Crippen molar-refractivity contribution < 1.29 is 9.53 Å². The Kier molecular flexibility index (Phi) is 5.12. The summed E-state index contributed by atoms with van der Waals surface area (Å²) in [6, 6.07) is 4.49. The van der Waals surface area contributed by atoms with Gasteiger partial charge in [-0.1, -0.05) is 19.9 Å². The highest BCUT2D eigenvalue weighted by Gasteiger charge is 2.29. The van der Waals surface area contributed by atoms with Gasteiger partial charge in [-0.05, 0) is 31.9 Å². The lowest BCUT2D eigenvalue weighted by Crippen LogP contribution is -2.45. The molecule has 20 heavy (non-hydrogen) atoms. The van der Waals surface area contributed by atoms with Crippen LogP contribution in [0.5, 0.6) is 5.88 Å². The van der Waals surface area contributed by atoms with Gasteiger partial charge in [-0.25, -0.2) is 4.98 Å². The van der Waals surface area contributed by atoms with Gasteiger partial charge in [0.05, 0.1) is 0 Å². The lowest BCUT2D eigenvalue weighted by molar-refractivity contribution is -0.121. The summed E-state index contributed by atoms with van der Waals surface area (Å²) in [6.07, 6.45) is 5.54. The van der Waals surface area contributed by atoms with Crippen LogP contribution in [-0.4, -0.2) is 30.0 Å². The van der Waals surface area contributed by atoms with E-state index < -0.39 is 0 Å². The number of nitrogens with zero attached hydrogens (tertiary/aromatic N) is 1. The maximum absolute atomic E-state index is 11.6. The first-order valence-corrected chi connectivity index (χ1v) is 7.40. The number of carbonyl (C=O) groups is 1. The summed E-state index contributed by atoms with van der Waals surface area (Å²) in [4.78, 5) is 15.9. The number of aryl methyl sites for hydroxylation is 1. The molecule has 2 rings (SSSR count). The van der Waals surface area contributed by atoms with Crippen LogP contribution < -0.4 is 10.1 Å². The number of pyridine rings is 1. The summed E-state index contributed by atoms with van der Waals surface area (Å²) in [5.41, 5.74) is 1.09. The van der Waals surface area contributed by atoms with Crippen molar-refractivity contribution >= 4 is 5.78 Å². The fourth-order valence-electron chi connectivity index (χ4n) is 2.25. The molecule has 1 aromatic rings. The zero-order valence-corrected chi connectivity index (χ0v) is 12.6. The zero-order chi connectivity index (χ0) is 14.5. The fourth-order valence-corrected chi connectivity index (χ4v) is 2.25. The maximum Gasteiger partial charge on any atom is 0.213 e. The Hall–Kier alpha value is -1.42. The number of rotatable bonds is 7. The first-order chi connectivity index (χ1) is 9.58. The Balaban J connectivity index is 1.77. The average Bonchev–Trinajstić information content (AvgIpc) is 2.40.